The first kappa shape index (κ1) is 22.0. The van der Waals surface area contributed by atoms with Crippen LogP contribution in [0.3, 0.4) is 0 Å². The molecule has 140 valence electrons. The zero-order chi connectivity index (χ0) is 20.1. The van der Waals surface area contributed by atoms with E-state index < -0.39 is 23.5 Å². The monoisotopic (exact) mass is 416 g/mol. The van der Waals surface area contributed by atoms with Gasteiger partial charge in [-0.1, -0.05) is 23.2 Å². The quantitative estimate of drug-likeness (QED) is 0.422. The molecule has 0 aliphatic rings. The lowest BCUT2D eigenvalue weighted by atomic mass is 10.1. The summed E-state index contributed by atoms with van der Waals surface area (Å²) in [6, 6.07) is 5.19. The lowest BCUT2D eigenvalue weighted by Crippen LogP contribution is -2.05. The van der Waals surface area contributed by atoms with Crippen molar-refractivity contribution in [1.29, 1.82) is 0 Å². The topological polar surface area (TPSA) is 34.1 Å². The maximum Gasteiger partial charge on any atom is 0.416 e. The van der Waals surface area contributed by atoms with Gasteiger partial charge in [0.05, 0.1) is 21.2 Å². The van der Waals surface area contributed by atoms with Gasteiger partial charge in [0, 0.05) is 11.1 Å². The smallest absolute Gasteiger partial charge is 0.298 e. The molecule has 0 saturated heterocycles. The SMILES string of the molecule is O=Cc1cc(C(F)(F)F)ccc1Cl.O=Cc1cc(C(F)(F)F)ccc1Cl. The standard InChI is InChI=1S/2C8H4ClF3O/c2*9-7-2-1-6(8(10,11)12)3-5(7)4-13/h2*1-4H. The van der Waals surface area contributed by atoms with Crippen LogP contribution in [-0.2, 0) is 12.4 Å². The molecule has 0 unspecified atom stereocenters. The molecule has 0 saturated carbocycles. The number of hydrogen-bond donors (Lipinski definition) is 0. The van der Waals surface area contributed by atoms with E-state index in [1.807, 2.05) is 0 Å². The van der Waals surface area contributed by atoms with Crippen LogP contribution in [0, 0.1) is 0 Å². The van der Waals surface area contributed by atoms with Gasteiger partial charge in [0.1, 0.15) is 0 Å². The molecule has 2 aromatic rings. The van der Waals surface area contributed by atoms with E-state index in [9.17, 15) is 35.9 Å². The molecular weight excluding hydrogens is 409 g/mol. The Morgan fingerprint density at radius 2 is 0.962 bits per heavy atom. The number of aldehydes is 2. The number of rotatable bonds is 2. The van der Waals surface area contributed by atoms with Crippen LogP contribution in [0.15, 0.2) is 36.4 Å². The molecule has 0 amide bonds. The highest BCUT2D eigenvalue weighted by molar-refractivity contribution is 6.33. The number of carbonyl (C=O) groups excluding carboxylic acids is 2. The van der Waals surface area contributed by atoms with Crippen LogP contribution in [0.5, 0.6) is 0 Å². The fraction of sp³-hybridized carbons (Fsp3) is 0.125. The second-order valence-corrected chi connectivity index (χ2v) is 5.52. The third kappa shape index (κ3) is 6.03. The van der Waals surface area contributed by atoms with E-state index in [-0.39, 0.29) is 33.7 Å². The zero-order valence-electron chi connectivity index (χ0n) is 12.5. The Morgan fingerprint density at radius 1 is 0.654 bits per heavy atom. The number of hydrogen-bond acceptors (Lipinski definition) is 2. The van der Waals surface area contributed by atoms with E-state index in [0.717, 1.165) is 36.4 Å². The third-order valence-electron chi connectivity index (χ3n) is 2.90. The van der Waals surface area contributed by atoms with Gasteiger partial charge in [-0.15, -0.1) is 0 Å². The Hall–Kier alpha value is -2.06. The first-order valence-electron chi connectivity index (χ1n) is 6.54. The van der Waals surface area contributed by atoms with Gasteiger partial charge in [0.2, 0.25) is 0 Å². The molecule has 0 radical (unpaired) electrons. The number of alkyl halides is 6. The Morgan fingerprint density at radius 3 is 1.19 bits per heavy atom. The molecule has 0 aliphatic carbocycles. The minimum absolute atomic E-state index is 0.0167. The van der Waals surface area contributed by atoms with Crippen LogP contribution in [0.1, 0.15) is 31.8 Å². The fourth-order valence-electron chi connectivity index (χ4n) is 1.62. The summed E-state index contributed by atoms with van der Waals surface area (Å²) in [5, 5.41) is 0.0333. The molecule has 2 nitrogen and oxygen atoms in total. The van der Waals surface area contributed by atoms with Crippen molar-refractivity contribution in [2.24, 2.45) is 0 Å². The lowest BCUT2D eigenvalue weighted by molar-refractivity contribution is -0.138. The normalized spacial score (nSPS) is 11.4. The maximum absolute atomic E-state index is 12.1. The molecule has 0 heterocycles. The molecule has 0 bridgehead atoms. The fourth-order valence-corrected chi connectivity index (χ4v) is 1.94. The molecule has 0 aromatic heterocycles. The largest absolute Gasteiger partial charge is 0.416 e. The summed E-state index contributed by atoms with van der Waals surface area (Å²) in [4.78, 5) is 20.5. The van der Waals surface area contributed by atoms with E-state index >= 15 is 0 Å². The van der Waals surface area contributed by atoms with Gasteiger partial charge in [-0.2, -0.15) is 26.3 Å². The first-order chi connectivity index (χ1) is 11.9. The van der Waals surface area contributed by atoms with E-state index in [4.69, 9.17) is 23.2 Å². The summed E-state index contributed by atoms with van der Waals surface area (Å²) >= 11 is 10.9. The van der Waals surface area contributed by atoms with Crippen LogP contribution in [0.25, 0.3) is 0 Å². The molecule has 2 rings (SSSR count). The van der Waals surface area contributed by atoms with Crippen LogP contribution in [0.2, 0.25) is 10.0 Å². The van der Waals surface area contributed by atoms with Gasteiger partial charge in [-0.05, 0) is 36.4 Å². The Labute approximate surface area is 153 Å². The van der Waals surface area contributed by atoms with Crippen molar-refractivity contribution in [1.82, 2.24) is 0 Å². The predicted molar refractivity (Wildman–Crippen MR) is 83.7 cm³/mol. The third-order valence-corrected chi connectivity index (χ3v) is 3.59. The van der Waals surface area contributed by atoms with E-state index in [0.29, 0.717) is 0 Å². The minimum atomic E-state index is -4.44. The highest BCUT2D eigenvalue weighted by Gasteiger charge is 2.31. The number of carbonyl (C=O) groups is 2. The Bertz CT molecular complexity index is 733. The Kier molecular flexibility index (Phi) is 7.23. The average molecular weight is 417 g/mol. The average Bonchev–Trinajstić information content (AvgIpc) is 2.54. The summed E-state index contributed by atoms with van der Waals surface area (Å²) in [6.07, 6.45) is -8.31. The van der Waals surface area contributed by atoms with Gasteiger partial charge in [0.25, 0.3) is 0 Å². The second-order valence-electron chi connectivity index (χ2n) is 4.70. The molecule has 2 aromatic carbocycles. The van der Waals surface area contributed by atoms with E-state index in [1.54, 1.807) is 0 Å². The van der Waals surface area contributed by atoms with E-state index in [2.05, 4.69) is 0 Å². The van der Waals surface area contributed by atoms with Crippen molar-refractivity contribution in [3.8, 4) is 0 Å². The van der Waals surface area contributed by atoms with Crippen molar-refractivity contribution in [2.45, 2.75) is 12.4 Å². The molecule has 0 aliphatic heterocycles. The van der Waals surface area contributed by atoms with E-state index in [1.165, 1.54) is 0 Å². The molecular formula is C16H8Cl2F6O2. The number of benzene rings is 2. The van der Waals surface area contributed by atoms with Crippen LogP contribution >= 0.6 is 23.2 Å². The highest BCUT2D eigenvalue weighted by atomic mass is 35.5. The van der Waals surface area contributed by atoms with Crippen molar-refractivity contribution < 1.29 is 35.9 Å². The van der Waals surface area contributed by atoms with Gasteiger partial charge < -0.3 is 0 Å². The Balaban J connectivity index is 0.000000260. The van der Waals surface area contributed by atoms with Crippen molar-refractivity contribution in [3.63, 3.8) is 0 Å². The highest BCUT2D eigenvalue weighted by Crippen LogP contribution is 2.32. The summed E-state index contributed by atoms with van der Waals surface area (Å²) in [7, 11) is 0. The summed E-state index contributed by atoms with van der Waals surface area (Å²) < 4.78 is 72.5. The van der Waals surface area contributed by atoms with Crippen LogP contribution < -0.4 is 0 Å². The van der Waals surface area contributed by atoms with Crippen molar-refractivity contribution in [2.75, 3.05) is 0 Å². The lowest BCUT2D eigenvalue weighted by Gasteiger charge is -2.06. The van der Waals surface area contributed by atoms with Crippen LogP contribution in [-0.4, -0.2) is 12.6 Å². The van der Waals surface area contributed by atoms with Gasteiger partial charge in [-0.3, -0.25) is 9.59 Å². The summed E-state index contributed by atoms with van der Waals surface area (Å²) in [5.41, 5.74) is -2.06. The minimum Gasteiger partial charge on any atom is -0.298 e. The van der Waals surface area contributed by atoms with Gasteiger partial charge in [0.15, 0.2) is 12.6 Å². The summed E-state index contributed by atoms with van der Waals surface area (Å²) in [6.45, 7) is 0. The van der Waals surface area contributed by atoms with Crippen LogP contribution in [0.4, 0.5) is 26.3 Å². The molecule has 0 spiro atoms. The predicted octanol–water partition coefficient (Wildman–Crippen LogP) is 6.34. The molecule has 0 fully saturated rings. The maximum atomic E-state index is 12.1. The zero-order valence-corrected chi connectivity index (χ0v) is 14.0. The van der Waals surface area contributed by atoms with Gasteiger partial charge >= 0.3 is 12.4 Å². The van der Waals surface area contributed by atoms with Crippen molar-refractivity contribution in [3.05, 3.63) is 68.7 Å². The first-order valence-corrected chi connectivity index (χ1v) is 7.29. The molecule has 10 heteroatoms. The molecule has 0 atom stereocenters. The molecule has 26 heavy (non-hydrogen) atoms. The molecule has 0 N–H and O–H groups in total. The summed E-state index contributed by atoms with van der Waals surface area (Å²) in [5.74, 6) is 0. The second kappa shape index (κ2) is 8.55. The number of halogens is 8. The van der Waals surface area contributed by atoms with Crippen molar-refractivity contribution >= 4 is 35.8 Å². The van der Waals surface area contributed by atoms with Gasteiger partial charge in [-0.25, -0.2) is 0 Å².